The summed E-state index contributed by atoms with van der Waals surface area (Å²) in [5, 5.41) is 12.0. The van der Waals surface area contributed by atoms with Gasteiger partial charge in [0.25, 0.3) is 0 Å². The zero-order chi connectivity index (χ0) is 23.6. The Labute approximate surface area is 198 Å². The molecule has 180 valence electrons. The number of nitrogens with zero attached hydrogens (tertiary/aromatic N) is 1. The molecule has 2 aromatic rings. The minimum atomic E-state index is -4.35. The monoisotopic (exact) mass is 481 g/mol. The topological polar surface area (TPSA) is 32.7 Å². The quantitative estimate of drug-likeness (QED) is 0.502. The van der Waals surface area contributed by atoms with Crippen LogP contribution in [0.3, 0.4) is 0 Å². The van der Waals surface area contributed by atoms with Gasteiger partial charge in [-0.15, -0.1) is 0 Å². The van der Waals surface area contributed by atoms with Crippen LogP contribution in [0.4, 0.5) is 13.2 Å². The normalized spacial score (nSPS) is 24.2. The lowest BCUT2D eigenvalue weighted by Gasteiger charge is -2.49. The Hall–Kier alpha value is -1.76. The third-order valence-corrected chi connectivity index (χ3v) is 7.89. The maximum absolute atomic E-state index is 12.8. The highest BCUT2D eigenvalue weighted by atomic mass is 35.5. The average Bonchev–Trinajstić information content (AvgIpc) is 2.74. The van der Waals surface area contributed by atoms with Crippen LogP contribution in [0.2, 0.25) is 5.02 Å². The van der Waals surface area contributed by atoms with E-state index in [9.17, 15) is 18.3 Å². The lowest BCUT2D eigenvalue weighted by Crippen LogP contribution is -2.55. The van der Waals surface area contributed by atoms with Crippen molar-refractivity contribution in [1.82, 2.24) is 4.90 Å². The van der Waals surface area contributed by atoms with E-state index < -0.39 is 17.8 Å². The first-order valence-electron chi connectivity index (χ1n) is 11.7. The van der Waals surface area contributed by atoms with E-state index in [1.54, 1.807) is 0 Å². The van der Waals surface area contributed by atoms with E-state index in [-0.39, 0.29) is 17.4 Å². The number of alkyl halides is 3. The fourth-order valence-electron chi connectivity index (χ4n) is 5.27. The predicted octanol–water partition coefficient (Wildman–Crippen LogP) is 6.32. The zero-order valence-corrected chi connectivity index (χ0v) is 19.6. The van der Waals surface area contributed by atoms with E-state index >= 15 is 0 Å². The second-order valence-corrected chi connectivity index (χ2v) is 9.94. The number of benzene rings is 2. The van der Waals surface area contributed by atoms with Crippen molar-refractivity contribution in [1.29, 1.82) is 0 Å². The molecule has 0 amide bonds. The molecule has 1 aliphatic heterocycles. The molecular weight excluding hydrogens is 451 g/mol. The molecule has 1 saturated heterocycles. The second kappa shape index (κ2) is 9.85. The SMILES string of the molecule is C[C@H]1C(COc2ccc(C(F)(F)F)cc2)CCCN1CC(O)C1(c2ccc(Cl)cc2)CCC1. The summed E-state index contributed by atoms with van der Waals surface area (Å²) in [6.07, 6.45) is 0.240. The number of likely N-dealkylation sites (tertiary alicyclic amines) is 1. The zero-order valence-electron chi connectivity index (χ0n) is 18.8. The Balaban J connectivity index is 1.36. The molecular formula is C26H31ClF3NO2. The Morgan fingerprint density at radius 3 is 2.33 bits per heavy atom. The van der Waals surface area contributed by atoms with Crippen LogP contribution in [0.5, 0.6) is 5.75 Å². The number of halogens is 4. The second-order valence-electron chi connectivity index (χ2n) is 9.50. The smallest absolute Gasteiger partial charge is 0.416 e. The fraction of sp³-hybridized carbons (Fsp3) is 0.538. The van der Waals surface area contributed by atoms with Crippen LogP contribution in [0, 0.1) is 5.92 Å². The molecule has 0 radical (unpaired) electrons. The molecule has 33 heavy (non-hydrogen) atoms. The molecule has 1 N–H and O–H groups in total. The molecule has 1 heterocycles. The third-order valence-electron chi connectivity index (χ3n) is 7.63. The van der Waals surface area contributed by atoms with Crippen LogP contribution in [0.1, 0.15) is 50.2 Å². The average molecular weight is 482 g/mol. The van der Waals surface area contributed by atoms with Gasteiger partial charge in [-0.1, -0.05) is 30.2 Å². The highest BCUT2D eigenvalue weighted by molar-refractivity contribution is 6.30. The molecule has 4 rings (SSSR count). The van der Waals surface area contributed by atoms with Crippen LogP contribution >= 0.6 is 11.6 Å². The lowest BCUT2D eigenvalue weighted by atomic mass is 9.61. The number of hydrogen-bond acceptors (Lipinski definition) is 3. The Morgan fingerprint density at radius 2 is 1.76 bits per heavy atom. The first kappa shape index (κ1) is 24.4. The van der Waals surface area contributed by atoms with Crippen molar-refractivity contribution in [2.75, 3.05) is 19.7 Å². The number of rotatable bonds is 7. The number of hydrogen-bond donors (Lipinski definition) is 1. The van der Waals surface area contributed by atoms with E-state index in [0.717, 1.165) is 56.3 Å². The van der Waals surface area contributed by atoms with Crippen molar-refractivity contribution >= 4 is 11.6 Å². The highest BCUT2D eigenvalue weighted by Gasteiger charge is 2.46. The van der Waals surface area contributed by atoms with Gasteiger partial charge >= 0.3 is 6.18 Å². The standard InChI is InChI=1S/C26H31ClF3NO2/c1-18-19(17-33-23-11-7-21(8-12-23)26(28,29)30)4-2-15-31(18)16-24(32)25(13-3-14-25)20-5-9-22(27)10-6-20/h5-12,18-19,24,32H,2-4,13-17H2,1H3/t18-,19?,24?/m0/s1. The van der Waals surface area contributed by atoms with E-state index in [1.807, 2.05) is 24.3 Å². The number of piperidine rings is 1. The summed E-state index contributed by atoms with van der Waals surface area (Å²) in [6, 6.07) is 12.9. The van der Waals surface area contributed by atoms with Gasteiger partial charge in [0, 0.05) is 28.9 Å². The maximum atomic E-state index is 12.8. The van der Waals surface area contributed by atoms with E-state index in [1.165, 1.54) is 12.1 Å². The molecule has 0 spiro atoms. The summed E-state index contributed by atoms with van der Waals surface area (Å²) < 4.78 is 44.1. The number of aliphatic hydroxyl groups is 1. The molecule has 3 nitrogen and oxygen atoms in total. The number of ether oxygens (including phenoxy) is 1. The molecule has 2 fully saturated rings. The summed E-state index contributed by atoms with van der Waals surface area (Å²) in [5.41, 5.74) is 0.262. The number of β-amino-alcohol motifs (C(OH)–C–C–N with tert-alkyl or cyclic N) is 1. The van der Waals surface area contributed by atoms with Crippen molar-refractivity contribution < 1.29 is 23.0 Å². The Morgan fingerprint density at radius 1 is 1.09 bits per heavy atom. The van der Waals surface area contributed by atoms with Crippen LogP contribution in [-0.2, 0) is 11.6 Å². The van der Waals surface area contributed by atoms with Gasteiger partial charge in [0.15, 0.2) is 0 Å². The van der Waals surface area contributed by atoms with Gasteiger partial charge in [0.1, 0.15) is 5.75 Å². The van der Waals surface area contributed by atoms with Crippen LogP contribution in [-0.4, -0.2) is 41.8 Å². The van der Waals surface area contributed by atoms with E-state index in [4.69, 9.17) is 16.3 Å². The van der Waals surface area contributed by atoms with Gasteiger partial charge in [0.05, 0.1) is 18.3 Å². The van der Waals surface area contributed by atoms with Gasteiger partial charge in [-0.25, -0.2) is 0 Å². The van der Waals surface area contributed by atoms with Crippen molar-refractivity contribution in [3.05, 3.63) is 64.7 Å². The maximum Gasteiger partial charge on any atom is 0.416 e. The van der Waals surface area contributed by atoms with Crippen molar-refractivity contribution in [2.24, 2.45) is 5.92 Å². The predicted molar refractivity (Wildman–Crippen MR) is 124 cm³/mol. The van der Waals surface area contributed by atoms with Gasteiger partial charge < -0.3 is 9.84 Å². The molecule has 0 bridgehead atoms. The first-order valence-corrected chi connectivity index (χ1v) is 12.0. The summed E-state index contributed by atoms with van der Waals surface area (Å²) in [7, 11) is 0. The Kier molecular flexibility index (Phi) is 7.27. The Bertz CT molecular complexity index is 913. The van der Waals surface area contributed by atoms with Crippen molar-refractivity contribution in [3.63, 3.8) is 0 Å². The van der Waals surface area contributed by atoms with E-state index in [0.29, 0.717) is 23.9 Å². The summed E-state index contributed by atoms with van der Waals surface area (Å²) in [6.45, 7) is 4.12. The van der Waals surface area contributed by atoms with Crippen LogP contribution in [0.15, 0.2) is 48.5 Å². The van der Waals surface area contributed by atoms with Crippen LogP contribution in [0.25, 0.3) is 0 Å². The van der Waals surface area contributed by atoms with Crippen LogP contribution < -0.4 is 4.74 Å². The largest absolute Gasteiger partial charge is 0.493 e. The minimum Gasteiger partial charge on any atom is -0.493 e. The molecule has 3 atom stereocenters. The lowest BCUT2D eigenvalue weighted by molar-refractivity contribution is -0.137. The van der Waals surface area contributed by atoms with Gasteiger partial charge in [-0.05, 0) is 81.1 Å². The summed E-state index contributed by atoms with van der Waals surface area (Å²) in [5.74, 6) is 0.699. The summed E-state index contributed by atoms with van der Waals surface area (Å²) in [4.78, 5) is 2.34. The van der Waals surface area contributed by atoms with Crippen molar-refractivity contribution in [2.45, 2.75) is 62.8 Å². The summed E-state index contributed by atoms with van der Waals surface area (Å²) >= 11 is 6.06. The molecule has 2 unspecified atom stereocenters. The molecule has 1 aliphatic carbocycles. The molecule has 2 aliphatic rings. The van der Waals surface area contributed by atoms with Gasteiger partial charge in [-0.3, -0.25) is 4.90 Å². The molecule has 7 heteroatoms. The van der Waals surface area contributed by atoms with Crippen molar-refractivity contribution in [3.8, 4) is 5.75 Å². The first-order chi connectivity index (χ1) is 15.7. The number of aliphatic hydroxyl groups excluding tert-OH is 1. The third kappa shape index (κ3) is 5.33. The molecule has 0 aromatic heterocycles. The molecule has 1 saturated carbocycles. The van der Waals surface area contributed by atoms with Gasteiger partial charge in [0.2, 0.25) is 0 Å². The highest BCUT2D eigenvalue weighted by Crippen LogP contribution is 2.47. The fourth-order valence-corrected chi connectivity index (χ4v) is 5.40. The van der Waals surface area contributed by atoms with E-state index in [2.05, 4.69) is 11.8 Å². The molecule has 2 aromatic carbocycles. The minimum absolute atomic E-state index is 0.213. The van der Waals surface area contributed by atoms with Gasteiger partial charge in [-0.2, -0.15) is 13.2 Å².